The molecule has 0 aliphatic carbocycles. The SMILES string of the molecule is CCC1=Nn2cc(-c3nc4cc(OC)cc(OCc5csc(-c6ccc(C(=O)N(C)C7CCOC7)cc6)n5)c4s3)nc2C1. The lowest BCUT2D eigenvalue weighted by atomic mass is 10.1. The Hall–Kier alpha value is -4.13. The van der Waals surface area contributed by atoms with Crippen LogP contribution in [0.15, 0.2) is 53.1 Å². The molecule has 1 unspecified atom stereocenters. The van der Waals surface area contributed by atoms with Gasteiger partial charge in [0.15, 0.2) is 0 Å². The standard InChI is InChI=1S/C31H30N6O4S2/c1-4-20-11-27-33-25(14-37(27)35-20)30-34-24-12-23(39-3)13-26(28(24)43-30)41-15-21-17-42-29(32-21)18-5-7-19(8-6-18)31(38)36(2)22-9-10-40-16-22/h5-8,12-14,17,22H,4,9-11,15-16H2,1-3H3. The minimum atomic E-state index is 0.00209. The molecule has 1 amide bonds. The maximum atomic E-state index is 12.9. The second kappa shape index (κ2) is 11.5. The minimum Gasteiger partial charge on any atom is -0.497 e. The summed E-state index contributed by atoms with van der Waals surface area (Å²) < 4.78 is 20.0. The highest BCUT2D eigenvalue weighted by Gasteiger charge is 2.25. The molecule has 1 fully saturated rings. The van der Waals surface area contributed by atoms with Crippen LogP contribution in [0.25, 0.3) is 31.5 Å². The van der Waals surface area contributed by atoms with E-state index in [-0.39, 0.29) is 11.9 Å². The molecule has 1 atom stereocenters. The number of aromatic nitrogens is 4. The van der Waals surface area contributed by atoms with Gasteiger partial charge in [0.2, 0.25) is 0 Å². The largest absolute Gasteiger partial charge is 0.497 e. The number of amides is 1. The number of benzene rings is 2. The van der Waals surface area contributed by atoms with Crippen LogP contribution in [0.2, 0.25) is 0 Å². The molecule has 3 aromatic heterocycles. The molecule has 2 aliphatic heterocycles. The quantitative estimate of drug-likeness (QED) is 0.204. The van der Waals surface area contributed by atoms with Gasteiger partial charge in [-0.25, -0.2) is 19.6 Å². The molecule has 5 heterocycles. The predicted molar refractivity (Wildman–Crippen MR) is 167 cm³/mol. The first-order valence-corrected chi connectivity index (χ1v) is 15.8. The van der Waals surface area contributed by atoms with E-state index in [0.29, 0.717) is 36.9 Å². The highest BCUT2D eigenvalue weighted by molar-refractivity contribution is 7.22. The van der Waals surface area contributed by atoms with E-state index in [1.54, 1.807) is 23.3 Å². The molecule has 0 N–H and O–H groups in total. The van der Waals surface area contributed by atoms with E-state index >= 15 is 0 Å². The first-order chi connectivity index (χ1) is 21.0. The number of rotatable bonds is 9. The molecule has 2 aromatic carbocycles. The Morgan fingerprint density at radius 3 is 2.77 bits per heavy atom. The third-order valence-electron chi connectivity index (χ3n) is 7.74. The summed E-state index contributed by atoms with van der Waals surface area (Å²) in [6, 6.07) is 11.5. The molecule has 12 heteroatoms. The van der Waals surface area contributed by atoms with Crippen LogP contribution < -0.4 is 9.47 Å². The maximum absolute atomic E-state index is 12.9. The molecule has 220 valence electrons. The molecule has 0 bridgehead atoms. The van der Waals surface area contributed by atoms with Crippen LogP contribution in [0.4, 0.5) is 0 Å². The Bertz CT molecular complexity index is 1830. The van der Waals surface area contributed by atoms with Gasteiger partial charge in [0.25, 0.3) is 5.91 Å². The molecular formula is C31H30N6O4S2. The molecule has 10 nitrogen and oxygen atoms in total. The maximum Gasteiger partial charge on any atom is 0.253 e. The zero-order chi connectivity index (χ0) is 29.5. The third kappa shape index (κ3) is 5.41. The molecule has 1 saturated heterocycles. The molecule has 0 spiro atoms. The van der Waals surface area contributed by atoms with Gasteiger partial charge in [0, 0.05) is 54.4 Å². The van der Waals surface area contributed by atoms with Crippen molar-refractivity contribution in [1.29, 1.82) is 0 Å². The number of thiazole rings is 2. The first-order valence-electron chi connectivity index (χ1n) is 14.2. The third-order valence-corrected chi connectivity index (χ3v) is 9.79. The lowest BCUT2D eigenvalue weighted by Crippen LogP contribution is -2.37. The van der Waals surface area contributed by atoms with Crippen LogP contribution >= 0.6 is 22.7 Å². The fourth-order valence-corrected chi connectivity index (χ4v) is 6.99. The van der Waals surface area contributed by atoms with Gasteiger partial charge in [-0.3, -0.25) is 4.79 Å². The molecule has 43 heavy (non-hydrogen) atoms. The van der Waals surface area contributed by atoms with Crippen LogP contribution in [0.1, 0.15) is 41.6 Å². The average molecular weight is 615 g/mol. The number of carbonyl (C=O) groups is 1. The van der Waals surface area contributed by atoms with E-state index in [4.69, 9.17) is 29.2 Å². The number of hydrogen-bond acceptors (Lipinski definition) is 10. The first kappa shape index (κ1) is 27.7. The van der Waals surface area contributed by atoms with Crippen molar-refractivity contribution >= 4 is 44.5 Å². The number of nitrogens with zero attached hydrogens (tertiary/aromatic N) is 6. The smallest absolute Gasteiger partial charge is 0.253 e. The Morgan fingerprint density at radius 1 is 1.16 bits per heavy atom. The lowest BCUT2D eigenvalue weighted by Gasteiger charge is -2.23. The number of imidazole rings is 1. The van der Waals surface area contributed by atoms with Gasteiger partial charge < -0.3 is 19.1 Å². The van der Waals surface area contributed by atoms with Crippen LogP contribution in [0.3, 0.4) is 0 Å². The summed E-state index contributed by atoms with van der Waals surface area (Å²) >= 11 is 3.08. The Balaban J connectivity index is 1.06. The number of fused-ring (bicyclic) bond motifs is 2. The van der Waals surface area contributed by atoms with Crippen molar-refractivity contribution in [2.24, 2.45) is 5.10 Å². The summed E-state index contributed by atoms with van der Waals surface area (Å²) in [7, 11) is 3.47. The second-order valence-corrected chi connectivity index (χ2v) is 12.4. The van der Waals surface area contributed by atoms with E-state index in [9.17, 15) is 4.79 Å². The second-order valence-electron chi connectivity index (χ2n) is 10.5. The monoisotopic (exact) mass is 614 g/mol. The van der Waals surface area contributed by atoms with Crippen molar-refractivity contribution in [3.05, 3.63) is 65.1 Å². The van der Waals surface area contributed by atoms with Crippen molar-refractivity contribution in [2.75, 3.05) is 27.4 Å². The number of likely N-dealkylation sites (N-methyl/N-ethyl adjacent to an activating group) is 1. The number of ether oxygens (including phenoxy) is 3. The van der Waals surface area contributed by atoms with Crippen molar-refractivity contribution in [3.63, 3.8) is 0 Å². The van der Waals surface area contributed by atoms with Crippen molar-refractivity contribution in [1.82, 2.24) is 24.5 Å². The van der Waals surface area contributed by atoms with Gasteiger partial charge in [-0.2, -0.15) is 5.10 Å². The van der Waals surface area contributed by atoms with Crippen LogP contribution in [0, 0.1) is 0 Å². The zero-order valence-corrected chi connectivity index (χ0v) is 25.7. The van der Waals surface area contributed by atoms with Gasteiger partial charge in [-0.1, -0.05) is 19.1 Å². The lowest BCUT2D eigenvalue weighted by molar-refractivity contribution is 0.0711. The van der Waals surface area contributed by atoms with Crippen molar-refractivity contribution in [2.45, 2.75) is 38.8 Å². The number of carbonyl (C=O) groups excluding carboxylic acids is 1. The van der Waals surface area contributed by atoms with Gasteiger partial charge >= 0.3 is 0 Å². The van der Waals surface area contributed by atoms with E-state index in [1.807, 2.05) is 59.7 Å². The van der Waals surface area contributed by atoms with Gasteiger partial charge in [0.1, 0.15) is 39.6 Å². The molecule has 0 radical (unpaired) electrons. The van der Waals surface area contributed by atoms with Gasteiger partial charge in [0.05, 0.1) is 41.9 Å². The Morgan fingerprint density at radius 2 is 2.02 bits per heavy atom. The van der Waals surface area contributed by atoms with Gasteiger partial charge in [-0.05, 0) is 25.0 Å². The number of hydrogen-bond donors (Lipinski definition) is 0. The topological polar surface area (TPSA) is 104 Å². The fraction of sp³-hybridized carbons (Fsp3) is 0.323. The summed E-state index contributed by atoms with van der Waals surface area (Å²) in [5, 5.41) is 8.28. The van der Waals surface area contributed by atoms with Crippen molar-refractivity contribution in [3.8, 4) is 32.8 Å². The molecule has 7 rings (SSSR count). The minimum absolute atomic E-state index is 0.00209. The van der Waals surface area contributed by atoms with Gasteiger partial charge in [-0.15, -0.1) is 22.7 Å². The summed E-state index contributed by atoms with van der Waals surface area (Å²) in [6.45, 7) is 3.70. The summed E-state index contributed by atoms with van der Waals surface area (Å²) in [6.07, 6.45) is 4.50. The van der Waals surface area contributed by atoms with E-state index < -0.39 is 0 Å². The normalized spacial score (nSPS) is 16.0. The average Bonchev–Trinajstić information content (AvgIpc) is 3.86. The van der Waals surface area contributed by atoms with E-state index in [1.165, 1.54) is 11.3 Å². The van der Waals surface area contributed by atoms with Crippen LogP contribution in [0.5, 0.6) is 11.5 Å². The highest BCUT2D eigenvalue weighted by atomic mass is 32.1. The Labute approximate surface area is 256 Å². The molecule has 0 saturated carbocycles. The Kier molecular flexibility index (Phi) is 7.41. The fourth-order valence-electron chi connectivity index (χ4n) is 5.21. The summed E-state index contributed by atoms with van der Waals surface area (Å²) in [5.74, 6) is 2.29. The molecule has 5 aromatic rings. The van der Waals surface area contributed by atoms with E-state index in [0.717, 1.165) is 68.0 Å². The summed E-state index contributed by atoms with van der Waals surface area (Å²) in [5.41, 5.74) is 5.16. The van der Waals surface area contributed by atoms with Crippen LogP contribution in [-0.4, -0.2) is 69.6 Å². The van der Waals surface area contributed by atoms with Crippen LogP contribution in [-0.2, 0) is 17.8 Å². The summed E-state index contributed by atoms with van der Waals surface area (Å²) in [4.78, 5) is 29.1. The number of methoxy groups -OCH3 is 1. The predicted octanol–water partition coefficient (Wildman–Crippen LogP) is 5.90. The molecule has 2 aliphatic rings. The zero-order valence-electron chi connectivity index (χ0n) is 24.1. The van der Waals surface area contributed by atoms with E-state index in [2.05, 4.69) is 12.0 Å². The highest BCUT2D eigenvalue weighted by Crippen LogP contribution is 2.39. The molecular weight excluding hydrogens is 585 g/mol. The van der Waals surface area contributed by atoms with Crippen molar-refractivity contribution < 1.29 is 19.0 Å².